The zero-order valence-corrected chi connectivity index (χ0v) is 16.0. The zero-order valence-electron chi connectivity index (χ0n) is 14.4. The molecule has 1 saturated heterocycles. The predicted molar refractivity (Wildman–Crippen MR) is 96.8 cm³/mol. The largest absolute Gasteiger partial charge is 0.467 e. The normalized spacial score (nSPS) is 27.5. The molecule has 2 fully saturated rings. The third kappa shape index (κ3) is 3.42. The van der Waals surface area contributed by atoms with Crippen LogP contribution in [0, 0.1) is 0 Å². The van der Waals surface area contributed by atoms with Crippen molar-refractivity contribution >= 4 is 33.9 Å². The van der Waals surface area contributed by atoms with Crippen molar-refractivity contribution < 1.29 is 24.2 Å². The standard InChI is InChI=1S/C18H21BrN2O5/c1-26-16(23)18(10-13(18)11-5-7-12(19)8-6-11)20-15(22)14-4-2-3-9-21(14)17(24)25/h5-8,13-14H,2-4,9-10H2,1H3,(H,20,22)(H,24,25)/t13-,14?,18+/m1/s1. The number of likely N-dealkylation sites (tertiary alicyclic amines) is 1. The Balaban J connectivity index is 1.79. The smallest absolute Gasteiger partial charge is 0.407 e. The Morgan fingerprint density at radius 2 is 1.96 bits per heavy atom. The first-order valence-corrected chi connectivity index (χ1v) is 9.34. The van der Waals surface area contributed by atoms with E-state index in [-0.39, 0.29) is 5.92 Å². The molecule has 7 nitrogen and oxygen atoms in total. The lowest BCUT2D eigenvalue weighted by Crippen LogP contribution is -2.56. The summed E-state index contributed by atoms with van der Waals surface area (Å²) in [5, 5.41) is 12.1. The topological polar surface area (TPSA) is 95.9 Å². The first-order chi connectivity index (χ1) is 12.4. The van der Waals surface area contributed by atoms with E-state index in [0.29, 0.717) is 19.4 Å². The fourth-order valence-corrected chi connectivity index (χ4v) is 3.96. The van der Waals surface area contributed by atoms with E-state index in [1.807, 2.05) is 24.3 Å². The van der Waals surface area contributed by atoms with E-state index in [1.165, 1.54) is 7.11 Å². The summed E-state index contributed by atoms with van der Waals surface area (Å²) < 4.78 is 5.85. The van der Waals surface area contributed by atoms with Crippen LogP contribution in [0.2, 0.25) is 0 Å². The van der Waals surface area contributed by atoms with Gasteiger partial charge in [-0.05, 0) is 43.4 Å². The van der Waals surface area contributed by atoms with E-state index in [4.69, 9.17) is 4.74 Å². The van der Waals surface area contributed by atoms with E-state index in [9.17, 15) is 19.5 Å². The third-order valence-corrected chi connectivity index (χ3v) is 5.71. The molecule has 1 aromatic rings. The van der Waals surface area contributed by atoms with Crippen LogP contribution in [0.4, 0.5) is 4.79 Å². The van der Waals surface area contributed by atoms with Gasteiger partial charge in [0.05, 0.1) is 7.11 Å². The number of halogens is 1. The van der Waals surface area contributed by atoms with E-state index in [0.717, 1.165) is 27.8 Å². The van der Waals surface area contributed by atoms with Gasteiger partial charge in [0.15, 0.2) is 0 Å². The highest BCUT2D eigenvalue weighted by molar-refractivity contribution is 9.10. The molecule has 0 aromatic heterocycles. The Bertz CT molecular complexity index is 723. The lowest BCUT2D eigenvalue weighted by Gasteiger charge is -2.33. The van der Waals surface area contributed by atoms with Gasteiger partial charge >= 0.3 is 12.1 Å². The van der Waals surface area contributed by atoms with Gasteiger partial charge < -0.3 is 15.2 Å². The lowest BCUT2D eigenvalue weighted by atomic mass is 10.0. The van der Waals surface area contributed by atoms with Crippen LogP contribution >= 0.6 is 15.9 Å². The average Bonchev–Trinajstić information content (AvgIpc) is 3.36. The molecule has 1 aliphatic heterocycles. The van der Waals surface area contributed by atoms with Gasteiger partial charge in [-0.2, -0.15) is 0 Å². The van der Waals surface area contributed by atoms with Crippen LogP contribution in [0.25, 0.3) is 0 Å². The minimum Gasteiger partial charge on any atom is -0.467 e. The molecular formula is C18H21BrN2O5. The number of ether oxygens (including phenoxy) is 1. The van der Waals surface area contributed by atoms with E-state index >= 15 is 0 Å². The number of carbonyl (C=O) groups is 3. The zero-order chi connectivity index (χ0) is 18.9. The van der Waals surface area contributed by atoms with Crippen molar-refractivity contribution in [1.82, 2.24) is 10.2 Å². The molecule has 0 radical (unpaired) electrons. The molecule has 8 heteroatoms. The van der Waals surface area contributed by atoms with Crippen molar-refractivity contribution in [1.29, 1.82) is 0 Å². The molecule has 0 bridgehead atoms. The Labute approximate surface area is 159 Å². The lowest BCUT2D eigenvalue weighted by molar-refractivity contribution is -0.147. The molecule has 1 aliphatic carbocycles. The maximum atomic E-state index is 12.8. The molecular weight excluding hydrogens is 404 g/mol. The molecule has 2 amide bonds. The van der Waals surface area contributed by atoms with Crippen LogP contribution in [0.15, 0.2) is 28.7 Å². The van der Waals surface area contributed by atoms with Crippen molar-refractivity contribution in [2.45, 2.75) is 43.2 Å². The Morgan fingerprint density at radius 3 is 2.58 bits per heavy atom. The number of carboxylic acid groups (broad SMARTS) is 1. The van der Waals surface area contributed by atoms with Gasteiger partial charge in [-0.3, -0.25) is 9.69 Å². The summed E-state index contributed by atoms with van der Waals surface area (Å²) >= 11 is 3.38. The maximum Gasteiger partial charge on any atom is 0.407 e. The number of carbonyl (C=O) groups excluding carboxylic acids is 2. The number of hydrogen-bond acceptors (Lipinski definition) is 4. The quantitative estimate of drug-likeness (QED) is 0.723. The summed E-state index contributed by atoms with van der Waals surface area (Å²) in [5.41, 5.74) is -0.195. The van der Waals surface area contributed by atoms with Gasteiger partial charge in [-0.15, -0.1) is 0 Å². The van der Waals surface area contributed by atoms with Gasteiger partial charge in [0.25, 0.3) is 0 Å². The summed E-state index contributed by atoms with van der Waals surface area (Å²) in [6.07, 6.45) is 1.30. The van der Waals surface area contributed by atoms with E-state index < -0.39 is 29.6 Å². The van der Waals surface area contributed by atoms with Crippen LogP contribution in [0.5, 0.6) is 0 Å². The maximum absolute atomic E-state index is 12.8. The van der Waals surface area contributed by atoms with Crippen molar-refractivity contribution in [3.05, 3.63) is 34.3 Å². The third-order valence-electron chi connectivity index (χ3n) is 5.18. The summed E-state index contributed by atoms with van der Waals surface area (Å²) in [6, 6.07) is 6.79. The molecule has 1 unspecified atom stereocenters. The minimum absolute atomic E-state index is 0.186. The van der Waals surface area contributed by atoms with Crippen LogP contribution in [0.3, 0.4) is 0 Å². The molecule has 140 valence electrons. The van der Waals surface area contributed by atoms with Crippen molar-refractivity contribution in [3.63, 3.8) is 0 Å². The number of nitrogens with zero attached hydrogens (tertiary/aromatic N) is 1. The Kier molecular flexibility index (Phi) is 5.22. The van der Waals surface area contributed by atoms with Crippen LogP contribution in [-0.2, 0) is 14.3 Å². The second-order valence-electron chi connectivity index (χ2n) is 6.75. The Morgan fingerprint density at radius 1 is 1.27 bits per heavy atom. The second-order valence-corrected chi connectivity index (χ2v) is 7.66. The van der Waals surface area contributed by atoms with Crippen LogP contribution < -0.4 is 5.32 Å². The summed E-state index contributed by atoms with van der Waals surface area (Å²) in [5.74, 6) is -1.12. The minimum atomic E-state index is -1.12. The molecule has 1 heterocycles. The molecule has 3 rings (SSSR count). The SMILES string of the molecule is COC(=O)[C@]1(NC(=O)C2CCCCN2C(=O)O)C[C@@H]1c1ccc(Br)cc1. The fourth-order valence-electron chi connectivity index (χ4n) is 3.69. The van der Waals surface area contributed by atoms with Gasteiger partial charge in [0.2, 0.25) is 5.91 Å². The molecule has 1 saturated carbocycles. The van der Waals surface area contributed by atoms with Crippen LogP contribution in [-0.4, -0.2) is 53.2 Å². The average molecular weight is 425 g/mol. The highest BCUT2D eigenvalue weighted by Crippen LogP contribution is 2.52. The fraction of sp³-hybridized carbons (Fsp3) is 0.500. The molecule has 3 atom stereocenters. The number of methoxy groups -OCH3 is 1. The van der Waals surface area contributed by atoms with Gasteiger partial charge in [0.1, 0.15) is 11.6 Å². The molecule has 2 aliphatic rings. The van der Waals surface area contributed by atoms with Crippen LogP contribution in [0.1, 0.15) is 37.2 Å². The number of esters is 1. The van der Waals surface area contributed by atoms with Gasteiger partial charge in [-0.25, -0.2) is 9.59 Å². The monoisotopic (exact) mass is 424 g/mol. The van der Waals surface area contributed by atoms with E-state index in [1.54, 1.807) is 0 Å². The molecule has 1 aromatic carbocycles. The number of piperidine rings is 1. The first kappa shape index (κ1) is 18.7. The van der Waals surface area contributed by atoms with Crippen molar-refractivity contribution in [3.8, 4) is 0 Å². The highest BCUT2D eigenvalue weighted by atomic mass is 79.9. The predicted octanol–water partition coefficient (Wildman–Crippen LogP) is 2.50. The molecule has 0 spiro atoms. The molecule has 2 N–H and O–H groups in total. The summed E-state index contributed by atoms with van der Waals surface area (Å²) in [6.45, 7) is 0.328. The number of rotatable bonds is 4. The summed E-state index contributed by atoms with van der Waals surface area (Å²) in [4.78, 5) is 37.8. The molecule has 26 heavy (non-hydrogen) atoms. The number of amides is 2. The second kappa shape index (κ2) is 7.26. The number of hydrogen-bond donors (Lipinski definition) is 2. The Hall–Kier alpha value is -2.09. The van der Waals surface area contributed by atoms with Crippen molar-refractivity contribution in [2.24, 2.45) is 0 Å². The van der Waals surface area contributed by atoms with E-state index in [2.05, 4.69) is 21.2 Å². The van der Waals surface area contributed by atoms with Crippen molar-refractivity contribution in [2.75, 3.05) is 13.7 Å². The van der Waals surface area contributed by atoms with Gasteiger partial charge in [-0.1, -0.05) is 28.1 Å². The highest BCUT2D eigenvalue weighted by Gasteiger charge is 2.63. The number of benzene rings is 1. The first-order valence-electron chi connectivity index (χ1n) is 8.54. The number of nitrogens with one attached hydrogen (secondary N) is 1. The van der Waals surface area contributed by atoms with Gasteiger partial charge in [0, 0.05) is 16.9 Å². The summed E-state index contributed by atoms with van der Waals surface area (Å²) in [7, 11) is 1.29.